The molecule has 15 heavy (non-hydrogen) atoms. The van der Waals surface area contributed by atoms with Crippen LogP contribution in [0.25, 0.3) is 0 Å². The second-order valence-corrected chi connectivity index (χ2v) is 3.80. The second kappa shape index (κ2) is 5.14. The van der Waals surface area contributed by atoms with Crippen molar-refractivity contribution in [2.24, 2.45) is 0 Å². The number of carbonyl (C=O) groups excluding carboxylic acids is 1. The fraction of sp³-hybridized carbons (Fsp3) is 0.200. The molecule has 0 aromatic heterocycles. The lowest BCUT2D eigenvalue weighted by molar-refractivity contribution is -0.140. The van der Waals surface area contributed by atoms with E-state index in [1.807, 2.05) is 0 Å². The van der Waals surface area contributed by atoms with Crippen molar-refractivity contribution < 1.29 is 14.7 Å². The molecule has 0 aliphatic heterocycles. The highest BCUT2D eigenvalue weighted by molar-refractivity contribution is 6.36. The van der Waals surface area contributed by atoms with Crippen LogP contribution in [0.3, 0.4) is 0 Å². The first-order chi connectivity index (χ1) is 7.00. The lowest BCUT2D eigenvalue weighted by atomic mass is 10.1. The Morgan fingerprint density at radius 2 is 1.73 bits per heavy atom. The summed E-state index contributed by atoms with van der Waals surface area (Å²) in [6.07, 6.45) is -0.563. The predicted octanol–water partition coefficient (Wildman–Crippen LogP) is 2.58. The smallest absolute Gasteiger partial charge is 0.310 e. The summed E-state index contributed by atoms with van der Waals surface area (Å²) in [6, 6.07) is 4.88. The zero-order chi connectivity index (χ0) is 11.4. The number of carboxylic acids is 1. The van der Waals surface area contributed by atoms with E-state index in [0.717, 1.165) is 0 Å². The van der Waals surface area contributed by atoms with E-state index in [1.54, 1.807) is 18.2 Å². The molecular formula is C10H8Cl2O3. The van der Waals surface area contributed by atoms with Gasteiger partial charge in [0.05, 0.1) is 0 Å². The molecule has 5 heteroatoms. The molecular weight excluding hydrogens is 239 g/mol. The van der Waals surface area contributed by atoms with Gasteiger partial charge in [0.25, 0.3) is 0 Å². The Labute approximate surface area is 96.6 Å². The lowest BCUT2D eigenvalue weighted by Crippen LogP contribution is -2.09. The van der Waals surface area contributed by atoms with Gasteiger partial charge in [0, 0.05) is 16.5 Å². The number of aliphatic carboxylic acids is 1. The fourth-order valence-corrected chi connectivity index (χ4v) is 1.66. The number of Topliss-reactive ketones (excluding diaryl/α,β-unsaturated/α-hetero) is 1. The molecule has 1 aromatic carbocycles. The average molecular weight is 247 g/mol. The lowest BCUT2D eigenvalue weighted by Gasteiger charge is -2.04. The van der Waals surface area contributed by atoms with E-state index in [1.165, 1.54) is 0 Å². The van der Waals surface area contributed by atoms with Gasteiger partial charge in [-0.15, -0.1) is 0 Å². The Balaban J connectivity index is 2.80. The number of carboxylic acid groups (broad SMARTS) is 1. The number of benzene rings is 1. The van der Waals surface area contributed by atoms with Crippen LogP contribution in [0.1, 0.15) is 12.0 Å². The number of carbonyl (C=O) groups is 2. The highest BCUT2D eigenvalue weighted by Gasteiger charge is 2.13. The minimum Gasteiger partial charge on any atom is -0.481 e. The molecule has 0 saturated heterocycles. The van der Waals surface area contributed by atoms with Crippen molar-refractivity contribution in [2.45, 2.75) is 12.8 Å². The van der Waals surface area contributed by atoms with Gasteiger partial charge in [-0.2, -0.15) is 0 Å². The fourth-order valence-electron chi connectivity index (χ4n) is 1.13. The summed E-state index contributed by atoms with van der Waals surface area (Å²) in [4.78, 5) is 21.5. The molecule has 1 N–H and O–H groups in total. The SMILES string of the molecule is O=C(O)CC(=O)Cc1c(Cl)cccc1Cl. The normalized spacial score (nSPS) is 10.0. The van der Waals surface area contributed by atoms with Crippen molar-refractivity contribution in [1.82, 2.24) is 0 Å². The van der Waals surface area contributed by atoms with E-state index in [4.69, 9.17) is 28.3 Å². The molecule has 1 rings (SSSR count). The van der Waals surface area contributed by atoms with Crippen molar-refractivity contribution in [1.29, 1.82) is 0 Å². The summed E-state index contributed by atoms with van der Waals surface area (Å²) in [7, 11) is 0. The van der Waals surface area contributed by atoms with Crippen LogP contribution in [0, 0.1) is 0 Å². The van der Waals surface area contributed by atoms with E-state index >= 15 is 0 Å². The molecule has 0 radical (unpaired) electrons. The van der Waals surface area contributed by atoms with Crippen molar-refractivity contribution in [3.8, 4) is 0 Å². The Hall–Kier alpha value is -1.06. The number of hydrogen-bond acceptors (Lipinski definition) is 2. The van der Waals surface area contributed by atoms with Crippen LogP contribution in [-0.4, -0.2) is 16.9 Å². The van der Waals surface area contributed by atoms with E-state index in [9.17, 15) is 9.59 Å². The summed E-state index contributed by atoms with van der Waals surface area (Å²) in [5.41, 5.74) is 0.479. The maximum Gasteiger partial charge on any atom is 0.310 e. The quantitative estimate of drug-likeness (QED) is 0.832. The van der Waals surface area contributed by atoms with Gasteiger partial charge in [0.2, 0.25) is 0 Å². The Morgan fingerprint density at radius 3 is 2.20 bits per heavy atom. The van der Waals surface area contributed by atoms with Crippen molar-refractivity contribution in [3.63, 3.8) is 0 Å². The number of halogens is 2. The van der Waals surface area contributed by atoms with Crippen LogP contribution in [0.4, 0.5) is 0 Å². The first kappa shape index (κ1) is 12.0. The van der Waals surface area contributed by atoms with Gasteiger partial charge in [-0.25, -0.2) is 0 Å². The molecule has 0 spiro atoms. The zero-order valence-electron chi connectivity index (χ0n) is 7.67. The van der Waals surface area contributed by atoms with Crippen LogP contribution in [0.2, 0.25) is 10.0 Å². The molecule has 0 unspecified atom stereocenters. The molecule has 0 bridgehead atoms. The topological polar surface area (TPSA) is 54.4 Å². The Kier molecular flexibility index (Phi) is 4.12. The molecule has 3 nitrogen and oxygen atoms in total. The third-order valence-electron chi connectivity index (χ3n) is 1.78. The molecule has 0 aliphatic carbocycles. The average Bonchev–Trinajstić information content (AvgIpc) is 2.10. The highest BCUT2D eigenvalue weighted by Crippen LogP contribution is 2.24. The largest absolute Gasteiger partial charge is 0.481 e. The molecule has 0 fully saturated rings. The summed E-state index contributed by atoms with van der Waals surface area (Å²) in [5, 5.41) is 9.17. The van der Waals surface area contributed by atoms with Crippen molar-refractivity contribution in [2.75, 3.05) is 0 Å². The van der Waals surface area contributed by atoms with E-state index in [-0.39, 0.29) is 6.42 Å². The van der Waals surface area contributed by atoms with E-state index in [0.29, 0.717) is 15.6 Å². The van der Waals surface area contributed by atoms with Gasteiger partial charge in [-0.05, 0) is 17.7 Å². The van der Waals surface area contributed by atoms with E-state index in [2.05, 4.69) is 0 Å². The first-order valence-electron chi connectivity index (χ1n) is 4.17. The standard InChI is InChI=1S/C10H8Cl2O3/c11-8-2-1-3-9(12)7(8)4-6(13)5-10(14)15/h1-3H,4-5H2,(H,14,15). The van der Waals surface area contributed by atoms with Crippen molar-refractivity contribution >= 4 is 35.0 Å². The third-order valence-corrected chi connectivity index (χ3v) is 2.49. The molecule has 0 heterocycles. The minimum atomic E-state index is -1.15. The molecule has 0 amide bonds. The Morgan fingerprint density at radius 1 is 1.20 bits per heavy atom. The number of rotatable bonds is 4. The van der Waals surface area contributed by atoms with Crippen LogP contribution < -0.4 is 0 Å². The summed E-state index contributed by atoms with van der Waals surface area (Å²) >= 11 is 11.7. The Bertz CT molecular complexity index is 381. The van der Waals surface area contributed by atoms with Crippen LogP contribution in [-0.2, 0) is 16.0 Å². The minimum absolute atomic E-state index is 0.0508. The van der Waals surface area contributed by atoms with Crippen molar-refractivity contribution in [3.05, 3.63) is 33.8 Å². The predicted molar refractivity (Wildman–Crippen MR) is 57.4 cm³/mol. The summed E-state index contributed by atoms with van der Waals surface area (Å²) in [6.45, 7) is 0. The zero-order valence-corrected chi connectivity index (χ0v) is 9.18. The molecule has 1 aromatic rings. The molecule has 0 saturated carbocycles. The van der Waals surface area contributed by atoms with Gasteiger partial charge >= 0.3 is 5.97 Å². The highest BCUT2D eigenvalue weighted by atomic mass is 35.5. The molecule has 0 atom stereocenters. The first-order valence-corrected chi connectivity index (χ1v) is 4.92. The monoisotopic (exact) mass is 246 g/mol. The summed E-state index contributed by atoms with van der Waals surface area (Å²) < 4.78 is 0. The van der Waals surface area contributed by atoms with Crippen LogP contribution >= 0.6 is 23.2 Å². The molecule has 80 valence electrons. The number of hydrogen-bond donors (Lipinski definition) is 1. The maximum atomic E-state index is 11.2. The number of ketones is 1. The summed E-state index contributed by atoms with van der Waals surface area (Å²) in [5.74, 6) is -1.57. The second-order valence-electron chi connectivity index (χ2n) is 2.99. The van der Waals surface area contributed by atoms with Crippen LogP contribution in [0.5, 0.6) is 0 Å². The van der Waals surface area contributed by atoms with E-state index < -0.39 is 18.2 Å². The van der Waals surface area contributed by atoms with Gasteiger partial charge < -0.3 is 5.11 Å². The van der Waals surface area contributed by atoms with Gasteiger partial charge in [-0.3, -0.25) is 9.59 Å². The molecule has 0 aliphatic rings. The van der Waals surface area contributed by atoms with Crippen LogP contribution in [0.15, 0.2) is 18.2 Å². The maximum absolute atomic E-state index is 11.2. The van der Waals surface area contributed by atoms with Gasteiger partial charge in [0.1, 0.15) is 12.2 Å². The van der Waals surface area contributed by atoms with Gasteiger partial charge in [-0.1, -0.05) is 29.3 Å². The van der Waals surface area contributed by atoms with Gasteiger partial charge in [0.15, 0.2) is 0 Å². The third kappa shape index (κ3) is 3.53.